The molecule has 16 heavy (non-hydrogen) atoms. The van der Waals surface area contributed by atoms with Gasteiger partial charge in [0.25, 0.3) is 0 Å². The molecule has 0 aromatic heterocycles. The van der Waals surface area contributed by atoms with Gasteiger partial charge in [-0.3, -0.25) is 4.79 Å². The van der Waals surface area contributed by atoms with Gasteiger partial charge in [0.15, 0.2) is 0 Å². The zero-order valence-corrected chi connectivity index (χ0v) is 10.7. The Labute approximate surface area is 104 Å². The van der Waals surface area contributed by atoms with Crippen molar-refractivity contribution in [1.82, 2.24) is 0 Å². The van der Waals surface area contributed by atoms with Gasteiger partial charge in [0, 0.05) is 0 Å². The van der Waals surface area contributed by atoms with Crippen LogP contribution in [0.1, 0.15) is 18.9 Å². The fraction of sp³-hybridized carbons (Fsp3) is 0.417. The predicted molar refractivity (Wildman–Crippen MR) is 66.3 cm³/mol. The fourth-order valence-corrected chi connectivity index (χ4v) is 1.65. The molecule has 0 amide bonds. The average Bonchev–Trinajstić information content (AvgIpc) is 2.27. The van der Waals surface area contributed by atoms with Gasteiger partial charge in [-0.15, -0.1) is 0 Å². The molecular weight excluding hydrogens is 272 g/mol. The van der Waals surface area contributed by atoms with Crippen molar-refractivity contribution in [3.05, 3.63) is 29.8 Å². The zero-order valence-electron chi connectivity index (χ0n) is 9.15. The number of alkyl halides is 1. The van der Waals surface area contributed by atoms with Gasteiger partial charge < -0.3 is 9.84 Å². The Morgan fingerprint density at radius 3 is 2.81 bits per heavy atom. The van der Waals surface area contributed by atoms with Crippen molar-refractivity contribution in [3.8, 4) is 5.75 Å². The molecule has 0 spiro atoms. The second-order valence-corrected chi connectivity index (χ2v) is 4.57. The Balaban J connectivity index is 2.74. The molecule has 0 saturated carbocycles. The number of carboxylic acids is 1. The lowest BCUT2D eigenvalue weighted by Crippen LogP contribution is -2.16. The molecule has 4 heteroatoms. The summed E-state index contributed by atoms with van der Waals surface area (Å²) < 4.78 is 5.55. The molecule has 1 aromatic carbocycles. The second-order valence-electron chi connectivity index (χ2n) is 3.47. The summed E-state index contributed by atoms with van der Waals surface area (Å²) in [7, 11) is 0. The Bertz CT molecular complexity index is 352. The molecule has 0 saturated heterocycles. The number of carboxylic acid groups (broad SMARTS) is 1. The maximum atomic E-state index is 10.7. The molecule has 1 atom stereocenters. The van der Waals surface area contributed by atoms with E-state index in [9.17, 15) is 4.79 Å². The molecule has 1 N–H and O–H groups in total. The van der Waals surface area contributed by atoms with E-state index in [0.29, 0.717) is 13.0 Å². The highest BCUT2D eigenvalue weighted by Gasteiger charge is 2.15. The monoisotopic (exact) mass is 286 g/mol. The Kier molecular flexibility index (Phi) is 5.32. The number of hydrogen-bond acceptors (Lipinski definition) is 2. The number of rotatable bonds is 6. The van der Waals surface area contributed by atoms with Gasteiger partial charge in [0.2, 0.25) is 0 Å². The normalized spacial score (nSPS) is 12.1. The molecule has 1 rings (SSSR count). The quantitative estimate of drug-likeness (QED) is 0.818. The summed E-state index contributed by atoms with van der Waals surface area (Å²) in [5.41, 5.74) is 0.917. The summed E-state index contributed by atoms with van der Waals surface area (Å²) >= 11 is 3.13. The highest BCUT2D eigenvalue weighted by atomic mass is 79.9. The smallest absolute Gasteiger partial charge is 0.317 e. The SMILES string of the molecule is CCCOc1ccccc1CC(Br)C(=O)O. The maximum absolute atomic E-state index is 10.7. The minimum atomic E-state index is -0.856. The van der Waals surface area contributed by atoms with Gasteiger partial charge in [-0.2, -0.15) is 0 Å². The van der Waals surface area contributed by atoms with Crippen LogP contribution < -0.4 is 4.74 Å². The minimum absolute atomic E-state index is 0.426. The molecular formula is C12H15BrO3. The summed E-state index contributed by atoms with van der Waals surface area (Å²) in [4.78, 5) is 10.2. The average molecular weight is 287 g/mol. The van der Waals surface area contributed by atoms with Gasteiger partial charge >= 0.3 is 5.97 Å². The van der Waals surface area contributed by atoms with Crippen molar-refractivity contribution in [2.24, 2.45) is 0 Å². The van der Waals surface area contributed by atoms with Gasteiger partial charge in [-0.1, -0.05) is 41.1 Å². The van der Waals surface area contributed by atoms with E-state index >= 15 is 0 Å². The molecule has 0 aliphatic rings. The second kappa shape index (κ2) is 6.53. The highest BCUT2D eigenvalue weighted by Crippen LogP contribution is 2.22. The number of ether oxygens (including phenoxy) is 1. The fourth-order valence-electron chi connectivity index (χ4n) is 1.31. The first-order valence-electron chi connectivity index (χ1n) is 5.22. The molecule has 0 aliphatic heterocycles. The number of carbonyl (C=O) groups is 1. The van der Waals surface area contributed by atoms with Crippen LogP contribution in [0.5, 0.6) is 5.75 Å². The van der Waals surface area contributed by atoms with Gasteiger partial charge in [-0.25, -0.2) is 0 Å². The molecule has 1 aromatic rings. The van der Waals surface area contributed by atoms with Crippen LogP contribution in [0.25, 0.3) is 0 Å². The van der Waals surface area contributed by atoms with Crippen LogP contribution in [0.15, 0.2) is 24.3 Å². The van der Waals surface area contributed by atoms with Gasteiger partial charge in [-0.05, 0) is 24.5 Å². The van der Waals surface area contributed by atoms with Crippen molar-refractivity contribution in [3.63, 3.8) is 0 Å². The van der Waals surface area contributed by atoms with E-state index < -0.39 is 10.8 Å². The molecule has 88 valence electrons. The summed E-state index contributed by atoms with van der Waals surface area (Å²) in [6, 6.07) is 7.53. The van der Waals surface area contributed by atoms with E-state index in [2.05, 4.69) is 15.9 Å². The largest absolute Gasteiger partial charge is 0.493 e. The zero-order chi connectivity index (χ0) is 12.0. The third kappa shape index (κ3) is 3.85. The lowest BCUT2D eigenvalue weighted by atomic mass is 10.1. The summed E-state index contributed by atoms with van der Waals surface area (Å²) in [6.07, 6.45) is 1.36. The van der Waals surface area contributed by atoms with Gasteiger partial charge in [0.05, 0.1) is 6.61 Å². The third-order valence-corrected chi connectivity index (χ3v) is 2.82. The number of aliphatic carboxylic acids is 1. The van der Waals surface area contributed by atoms with E-state index in [4.69, 9.17) is 9.84 Å². The van der Waals surface area contributed by atoms with Crippen LogP contribution in [0, 0.1) is 0 Å². The van der Waals surface area contributed by atoms with Crippen molar-refractivity contribution in [2.45, 2.75) is 24.6 Å². The number of para-hydroxylation sites is 1. The van der Waals surface area contributed by atoms with Crippen LogP contribution >= 0.6 is 15.9 Å². The topological polar surface area (TPSA) is 46.5 Å². The maximum Gasteiger partial charge on any atom is 0.317 e. The standard InChI is InChI=1S/C12H15BrO3/c1-2-7-16-11-6-4-3-5-9(11)8-10(13)12(14)15/h3-6,10H,2,7-8H2,1H3,(H,14,15). The van der Waals surface area contributed by atoms with Crippen LogP contribution in [0.4, 0.5) is 0 Å². The summed E-state index contributed by atoms with van der Waals surface area (Å²) in [5.74, 6) is -0.0830. The van der Waals surface area contributed by atoms with E-state index in [1.165, 1.54) is 0 Å². The van der Waals surface area contributed by atoms with E-state index in [0.717, 1.165) is 17.7 Å². The molecule has 0 bridgehead atoms. The molecule has 0 fully saturated rings. The van der Waals surface area contributed by atoms with Crippen LogP contribution in [0.2, 0.25) is 0 Å². The summed E-state index contributed by atoms with van der Waals surface area (Å²) in [6.45, 7) is 2.68. The predicted octanol–water partition coefficient (Wildman–Crippen LogP) is 2.87. The van der Waals surface area contributed by atoms with E-state index in [-0.39, 0.29) is 0 Å². The first-order chi connectivity index (χ1) is 7.65. The van der Waals surface area contributed by atoms with Crippen LogP contribution in [-0.2, 0) is 11.2 Å². The van der Waals surface area contributed by atoms with Crippen LogP contribution in [-0.4, -0.2) is 22.5 Å². The minimum Gasteiger partial charge on any atom is -0.493 e. The van der Waals surface area contributed by atoms with E-state index in [1.807, 2.05) is 31.2 Å². The van der Waals surface area contributed by atoms with Crippen LogP contribution in [0.3, 0.4) is 0 Å². The number of benzene rings is 1. The Morgan fingerprint density at radius 2 is 2.19 bits per heavy atom. The van der Waals surface area contributed by atoms with Crippen molar-refractivity contribution in [1.29, 1.82) is 0 Å². The van der Waals surface area contributed by atoms with E-state index in [1.54, 1.807) is 0 Å². The first kappa shape index (κ1) is 13.0. The summed E-state index contributed by atoms with van der Waals surface area (Å²) in [5, 5.41) is 8.82. The molecule has 3 nitrogen and oxygen atoms in total. The highest BCUT2D eigenvalue weighted by molar-refractivity contribution is 9.10. The lowest BCUT2D eigenvalue weighted by Gasteiger charge is -2.11. The van der Waals surface area contributed by atoms with Crippen molar-refractivity contribution in [2.75, 3.05) is 6.61 Å². The van der Waals surface area contributed by atoms with Gasteiger partial charge in [0.1, 0.15) is 10.6 Å². The van der Waals surface area contributed by atoms with Crippen molar-refractivity contribution < 1.29 is 14.6 Å². The number of hydrogen-bond donors (Lipinski definition) is 1. The Morgan fingerprint density at radius 1 is 1.50 bits per heavy atom. The number of halogens is 1. The third-order valence-electron chi connectivity index (χ3n) is 2.10. The Hall–Kier alpha value is -1.03. The first-order valence-corrected chi connectivity index (χ1v) is 6.14. The molecule has 0 aliphatic carbocycles. The molecule has 0 radical (unpaired) electrons. The molecule has 0 heterocycles. The molecule has 1 unspecified atom stereocenters. The lowest BCUT2D eigenvalue weighted by molar-refractivity contribution is -0.136. The van der Waals surface area contributed by atoms with Crippen molar-refractivity contribution >= 4 is 21.9 Å².